The topological polar surface area (TPSA) is 38.0 Å². The minimum absolute atomic E-state index is 0.251. The van der Waals surface area contributed by atoms with Crippen molar-refractivity contribution in [1.82, 2.24) is 5.43 Å². The van der Waals surface area contributed by atoms with Gasteiger partial charge in [0.1, 0.15) is 0 Å². The molecule has 1 fully saturated rings. The number of hydrogen-bond acceptors (Lipinski definition) is 2. The van der Waals surface area contributed by atoms with Crippen LogP contribution in [0.25, 0.3) is 0 Å². The van der Waals surface area contributed by atoms with Crippen LogP contribution in [0.4, 0.5) is 0 Å². The predicted octanol–water partition coefficient (Wildman–Crippen LogP) is 3.83. The summed E-state index contributed by atoms with van der Waals surface area (Å²) in [6.07, 6.45) is 12.8. The quantitative estimate of drug-likeness (QED) is 0.496. The molecular formula is C18H26N2. The van der Waals surface area contributed by atoms with Crippen LogP contribution in [-0.2, 0) is 5.41 Å². The SMILES string of the molecule is NNC(/C1=C/CCCCCC1)C1(c2ccccc2)CC1. The average molecular weight is 270 g/mol. The molecule has 0 amide bonds. The van der Waals surface area contributed by atoms with Crippen molar-refractivity contribution in [3.05, 3.63) is 47.5 Å². The highest BCUT2D eigenvalue weighted by Gasteiger charge is 2.51. The van der Waals surface area contributed by atoms with E-state index < -0.39 is 0 Å². The molecule has 2 heteroatoms. The smallest absolute Gasteiger partial charge is 0.0516 e. The molecule has 20 heavy (non-hydrogen) atoms. The Bertz CT molecular complexity index is 460. The third-order valence-electron chi connectivity index (χ3n) is 5.05. The van der Waals surface area contributed by atoms with Crippen LogP contribution in [0.15, 0.2) is 42.0 Å². The Morgan fingerprint density at radius 2 is 1.75 bits per heavy atom. The predicted molar refractivity (Wildman–Crippen MR) is 84.3 cm³/mol. The Morgan fingerprint density at radius 3 is 2.45 bits per heavy atom. The first-order valence-electron chi connectivity index (χ1n) is 8.07. The van der Waals surface area contributed by atoms with Crippen LogP contribution in [0.1, 0.15) is 56.9 Å². The highest BCUT2D eigenvalue weighted by atomic mass is 15.2. The van der Waals surface area contributed by atoms with Gasteiger partial charge in [-0.05, 0) is 44.1 Å². The highest BCUT2D eigenvalue weighted by Crippen LogP contribution is 2.53. The van der Waals surface area contributed by atoms with Gasteiger partial charge in [-0.2, -0.15) is 0 Å². The molecule has 0 aromatic heterocycles. The fourth-order valence-corrected chi connectivity index (χ4v) is 3.75. The molecule has 1 unspecified atom stereocenters. The number of hydrazine groups is 1. The standard InChI is InChI=1S/C18H26N2/c19-20-17(15-9-5-2-1-3-6-10-15)18(13-14-18)16-11-7-4-8-12-16/h4,7-9,11-12,17,20H,1-3,5-6,10,13-14,19H2/b15-9+. The lowest BCUT2D eigenvalue weighted by Gasteiger charge is -2.30. The van der Waals surface area contributed by atoms with E-state index in [2.05, 4.69) is 41.8 Å². The minimum atomic E-state index is 0.251. The molecule has 108 valence electrons. The molecule has 0 aliphatic heterocycles. The van der Waals surface area contributed by atoms with Gasteiger partial charge in [0.05, 0.1) is 6.04 Å². The molecule has 3 N–H and O–H groups in total. The zero-order chi connectivity index (χ0) is 13.8. The van der Waals surface area contributed by atoms with Gasteiger partial charge in [-0.25, -0.2) is 0 Å². The summed E-state index contributed by atoms with van der Waals surface area (Å²) in [7, 11) is 0. The molecule has 1 atom stereocenters. The second kappa shape index (κ2) is 6.11. The van der Waals surface area contributed by atoms with Crippen LogP contribution in [0.5, 0.6) is 0 Å². The van der Waals surface area contributed by atoms with E-state index in [9.17, 15) is 0 Å². The molecule has 0 spiro atoms. The zero-order valence-electron chi connectivity index (χ0n) is 12.3. The van der Waals surface area contributed by atoms with Crippen LogP contribution < -0.4 is 11.3 Å². The Balaban J connectivity index is 1.85. The Labute approximate surface area is 122 Å². The molecule has 1 aromatic rings. The van der Waals surface area contributed by atoms with Crippen molar-refractivity contribution in [1.29, 1.82) is 0 Å². The molecular weight excluding hydrogens is 244 g/mol. The number of nitrogens with one attached hydrogen (secondary N) is 1. The lowest BCUT2D eigenvalue weighted by molar-refractivity contribution is 0.452. The summed E-state index contributed by atoms with van der Waals surface area (Å²) in [4.78, 5) is 0. The molecule has 0 heterocycles. The van der Waals surface area contributed by atoms with Gasteiger partial charge in [-0.3, -0.25) is 11.3 Å². The van der Waals surface area contributed by atoms with Crippen molar-refractivity contribution in [2.45, 2.75) is 62.8 Å². The van der Waals surface area contributed by atoms with Gasteiger partial charge in [0, 0.05) is 5.41 Å². The first-order valence-corrected chi connectivity index (χ1v) is 8.07. The number of allylic oxidation sites excluding steroid dienone is 1. The van der Waals surface area contributed by atoms with Gasteiger partial charge < -0.3 is 0 Å². The second-order valence-electron chi connectivity index (χ2n) is 6.35. The molecule has 3 rings (SSSR count). The molecule has 1 aromatic carbocycles. The van der Waals surface area contributed by atoms with Crippen molar-refractivity contribution >= 4 is 0 Å². The van der Waals surface area contributed by atoms with E-state index in [-0.39, 0.29) is 5.41 Å². The zero-order valence-corrected chi connectivity index (χ0v) is 12.3. The van der Waals surface area contributed by atoms with Crippen molar-refractivity contribution in [2.75, 3.05) is 0 Å². The summed E-state index contributed by atoms with van der Waals surface area (Å²) in [6, 6.07) is 11.2. The van der Waals surface area contributed by atoms with Gasteiger partial charge in [0.15, 0.2) is 0 Å². The third kappa shape index (κ3) is 2.68. The van der Waals surface area contributed by atoms with E-state index in [1.165, 1.54) is 56.9 Å². The van der Waals surface area contributed by atoms with E-state index in [0.717, 1.165) is 0 Å². The highest BCUT2D eigenvalue weighted by molar-refractivity contribution is 5.38. The summed E-state index contributed by atoms with van der Waals surface area (Å²) in [6.45, 7) is 0. The average Bonchev–Trinajstić information content (AvgIpc) is 3.24. The number of nitrogens with two attached hydrogens (primary N) is 1. The second-order valence-corrected chi connectivity index (χ2v) is 6.35. The molecule has 0 radical (unpaired) electrons. The Kier molecular flexibility index (Phi) is 4.23. The van der Waals surface area contributed by atoms with Crippen molar-refractivity contribution in [2.24, 2.45) is 5.84 Å². The summed E-state index contributed by atoms with van der Waals surface area (Å²) in [5, 5.41) is 0. The van der Waals surface area contributed by atoms with Crippen LogP contribution in [0, 0.1) is 0 Å². The van der Waals surface area contributed by atoms with E-state index in [1.807, 2.05) is 0 Å². The van der Waals surface area contributed by atoms with Gasteiger partial charge in [-0.15, -0.1) is 0 Å². The van der Waals surface area contributed by atoms with Crippen LogP contribution in [-0.4, -0.2) is 6.04 Å². The summed E-state index contributed by atoms with van der Waals surface area (Å²) < 4.78 is 0. The monoisotopic (exact) mass is 270 g/mol. The maximum Gasteiger partial charge on any atom is 0.0516 e. The van der Waals surface area contributed by atoms with Crippen LogP contribution in [0.3, 0.4) is 0 Å². The Hall–Kier alpha value is -1.12. The molecule has 2 nitrogen and oxygen atoms in total. The Morgan fingerprint density at radius 1 is 1.00 bits per heavy atom. The third-order valence-corrected chi connectivity index (χ3v) is 5.05. The maximum absolute atomic E-state index is 5.97. The lowest BCUT2D eigenvalue weighted by Crippen LogP contribution is -2.45. The maximum atomic E-state index is 5.97. The van der Waals surface area contributed by atoms with Crippen molar-refractivity contribution in [3.8, 4) is 0 Å². The normalized spacial score (nSPS) is 25.9. The number of rotatable bonds is 4. The largest absolute Gasteiger partial charge is 0.271 e. The summed E-state index contributed by atoms with van der Waals surface area (Å²) in [5.74, 6) is 5.97. The van der Waals surface area contributed by atoms with Gasteiger partial charge in [0.25, 0.3) is 0 Å². The summed E-state index contributed by atoms with van der Waals surface area (Å²) in [5.41, 5.74) is 6.40. The molecule has 2 aliphatic rings. The van der Waals surface area contributed by atoms with Gasteiger partial charge in [0.2, 0.25) is 0 Å². The fraction of sp³-hybridized carbons (Fsp3) is 0.556. The van der Waals surface area contributed by atoms with Gasteiger partial charge >= 0.3 is 0 Å². The minimum Gasteiger partial charge on any atom is -0.271 e. The van der Waals surface area contributed by atoms with E-state index >= 15 is 0 Å². The number of benzene rings is 1. The molecule has 1 saturated carbocycles. The van der Waals surface area contributed by atoms with Crippen LogP contribution in [0.2, 0.25) is 0 Å². The summed E-state index contributed by atoms with van der Waals surface area (Å²) >= 11 is 0. The molecule has 0 saturated heterocycles. The molecule has 2 aliphatic carbocycles. The van der Waals surface area contributed by atoms with E-state index in [1.54, 1.807) is 5.57 Å². The van der Waals surface area contributed by atoms with Crippen molar-refractivity contribution < 1.29 is 0 Å². The van der Waals surface area contributed by atoms with E-state index in [0.29, 0.717) is 6.04 Å². The van der Waals surface area contributed by atoms with Crippen LogP contribution >= 0.6 is 0 Å². The van der Waals surface area contributed by atoms with E-state index in [4.69, 9.17) is 5.84 Å². The lowest BCUT2D eigenvalue weighted by atomic mass is 9.81. The molecule has 0 bridgehead atoms. The number of hydrogen-bond donors (Lipinski definition) is 2. The van der Waals surface area contributed by atoms with Gasteiger partial charge in [-0.1, -0.05) is 54.8 Å². The van der Waals surface area contributed by atoms with Crippen molar-refractivity contribution in [3.63, 3.8) is 0 Å². The first kappa shape index (κ1) is 13.8. The fourth-order valence-electron chi connectivity index (χ4n) is 3.75. The first-order chi connectivity index (χ1) is 9.87.